The summed E-state index contributed by atoms with van der Waals surface area (Å²) >= 11 is 0. The van der Waals surface area contributed by atoms with Crippen molar-refractivity contribution in [1.82, 2.24) is 5.32 Å². The van der Waals surface area contributed by atoms with E-state index in [9.17, 15) is 0 Å². The van der Waals surface area contributed by atoms with Crippen molar-refractivity contribution in [1.29, 1.82) is 0 Å². The quantitative estimate of drug-likeness (QED) is 0.907. The minimum atomic E-state index is 0.0966. The Morgan fingerprint density at radius 3 is 2.40 bits per heavy atom. The number of hydrogen-bond acceptors (Lipinski definition) is 4. The van der Waals surface area contributed by atoms with Crippen molar-refractivity contribution in [3.8, 4) is 11.5 Å². The van der Waals surface area contributed by atoms with Gasteiger partial charge in [0.2, 0.25) is 0 Å². The fraction of sp³-hybridized carbons (Fsp3) is 0.429. The molecule has 1 atom stereocenters. The van der Waals surface area contributed by atoms with E-state index in [2.05, 4.69) is 40.5 Å². The molecule has 0 aromatic heterocycles. The average molecular weight is 338 g/mol. The summed E-state index contributed by atoms with van der Waals surface area (Å²) in [5, 5.41) is 3.59. The fourth-order valence-electron chi connectivity index (χ4n) is 3.65. The smallest absolute Gasteiger partial charge is 0.161 e. The average Bonchev–Trinajstić information content (AvgIpc) is 2.69. The fourth-order valence-corrected chi connectivity index (χ4v) is 3.65. The second-order valence-corrected chi connectivity index (χ2v) is 6.92. The predicted molar refractivity (Wildman–Crippen MR) is 101 cm³/mol. The van der Waals surface area contributed by atoms with Crippen LogP contribution in [0.3, 0.4) is 0 Å². The van der Waals surface area contributed by atoms with Crippen molar-refractivity contribution < 1.29 is 9.47 Å². The molecular formula is C21H26N2O2. The van der Waals surface area contributed by atoms with Crippen LogP contribution in [0.5, 0.6) is 11.5 Å². The van der Waals surface area contributed by atoms with Crippen LogP contribution in [-0.4, -0.2) is 38.9 Å². The largest absolute Gasteiger partial charge is 0.486 e. The number of nitrogens with one attached hydrogen (secondary N) is 1. The second-order valence-electron chi connectivity index (χ2n) is 6.92. The van der Waals surface area contributed by atoms with Gasteiger partial charge in [-0.2, -0.15) is 0 Å². The van der Waals surface area contributed by atoms with Crippen LogP contribution in [0.25, 0.3) is 0 Å². The summed E-state index contributed by atoms with van der Waals surface area (Å²) in [6, 6.07) is 18.6. The van der Waals surface area contributed by atoms with E-state index in [1.807, 2.05) is 24.3 Å². The third kappa shape index (κ3) is 4.07. The van der Waals surface area contributed by atoms with Crippen LogP contribution in [-0.2, 0) is 0 Å². The number of benzene rings is 2. The van der Waals surface area contributed by atoms with E-state index < -0.39 is 0 Å². The molecule has 2 heterocycles. The number of fused-ring (bicyclic) bond motifs is 1. The summed E-state index contributed by atoms with van der Waals surface area (Å²) in [5.41, 5.74) is 1.35. The van der Waals surface area contributed by atoms with Crippen LogP contribution >= 0.6 is 0 Å². The van der Waals surface area contributed by atoms with Crippen LogP contribution in [0.1, 0.15) is 12.8 Å². The summed E-state index contributed by atoms with van der Waals surface area (Å²) < 4.78 is 11.8. The highest BCUT2D eigenvalue weighted by Gasteiger charge is 2.22. The van der Waals surface area contributed by atoms with Gasteiger partial charge in [-0.1, -0.05) is 30.3 Å². The molecule has 25 heavy (non-hydrogen) atoms. The van der Waals surface area contributed by atoms with E-state index in [0.717, 1.165) is 43.6 Å². The summed E-state index contributed by atoms with van der Waals surface area (Å²) in [6.07, 6.45) is 2.58. The third-order valence-corrected chi connectivity index (χ3v) is 5.11. The first-order valence-electron chi connectivity index (χ1n) is 9.28. The van der Waals surface area contributed by atoms with Crippen LogP contribution < -0.4 is 19.7 Å². The molecule has 1 fully saturated rings. The van der Waals surface area contributed by atoms with E-state index in [-0.39, 0.29) is 6.10 Å². The lowest BCUT2D eigenvalue weighted by molar-refractivity contribution is 0.0894. The van der Waals surface area contributed by atoms with Crippen molar-refractivity contribution in [2.75, 3.05) is 37.7 Å². The minimum absolute atomic E-state index is 0.0966. The maximum Gasteiger partial charge on any atom is 0.161 e. The number of hydrogen-bond donors (Lipinski definition) is 1. The van der Waals surface area contributed by atoms with Crippen molar-refractivity contribution in [3.05, 3.63) is 54.6 Å². The molecular weight excluding hydrogens is 312 g/mol. The van der Waals surface area contributed by atoms with Gasteiger partial charge in [-0.05, 0) is 49.6 Å². The zero-order valence-corrected chi connectivity index (χ0v) is 14.6. The van der Waals surface area contributed by atoms with E-state index in [4.69, 9.17) is 9.47 Å². The molecule has 0 bridgehead atoms. The maximum atomic E-state index is 6.00. The molecule has 0 aliphatic carbocycles. The first kappa shape index (κ1) is 16.3. The molecule has 4 heteroatoms. The van der Waals surface area contributed by atoms with Gasteiger partial charge < -0.3 is 19.7 Å². The van der Waals surface area contributed by atoms with Gasteiger partial charge in [0.1, 0.15) is 12.7 Å². The van der Waals surface area contributed by atoms with Gasteiger partial charge in [-0.3, -0.25) is 0 Å². The number of anilines is 1. The van der Waals surface area contributed by atoms with Gasteiger partial charge in [0.25, 0.3) is 0 Å². The molecule has 2 aromatic carbocycles. The molecule has 2 aliphatic heterocycles. The number of piperidine rings is 1. The second kappa shape index (κ2) is 7.79. The highest BCUT2D eigenvalue weighted by atomic mass is 16.6. The van der Waals surface area contributed by atoms with Crippen LogP contribution in [0, 0.1) is 5.92 Å². The zero-order valence-electron chi connectivity index (χ0n) is 14.6. The Balaban J connectivity index is 1.18. The van der Waals surface area contributed by atoms with Gasteiger partial charge in [0, 0.05) is 25.3 Å². The van der Waals surface area contributed by atoms with Crippen LogP contribution in [0.2, 0.25) is 0 Å². The van der Waals surface area contributed by atoms with E-state index in [1.54, 1.807) is 0 Å². The Bertz CT molecular complexity index is 669. The lowest BCUT2D eigenvalue weighted by Gasteiger charge is -2.34. The predicted octanol–water partition coefficient (Wildman–Crippen LogP) is 3.33. The molecule has 132 valence electrons. The molecule has 0 saturated carbocycles. The lowest BCUT2D eigenvalue weighted by Crippen LogP contribution is -2.42. The van der Waals surface area contributed by atoms with E-state index >= 15 is 0 Å². The summed E-state index contributed by atoms with van der Waals surface area (Å²) in [4.78, 5) is 2.49. The number of nitrogens with zero attached hydrogens (tertiary/aromatic N) is 1. The van der Waals surface area contributed by atoms with Crippen LogP contribution in [0.4, 0.5) is 5.69 Å². The Morgan fingerprint density at radius 2 is 1.60 bits per heavy atom. The molecule has 4 rings (SSSR count). The number of ether oxygens (including phenoxy) is 2. The highest BCUT2D eigenvalue weighted by molar-refractivity contribution is 5.46. The molecule has 1 unspecified atom stereocenters. The van der Waals surface area contributed by atoms with Crippen molar-refractivity contribution in [3.63, 3.8) is 0 Å². The molecule has 2 aliphatic rings. The van der Waals surface area contributed by atoms with Gasteiger partial charge in [-0.25, -0.2) is 0 Å². The van der Waals surface area contributed by atoms with Gasteiger partial charge in [0.05, 0.1) is 0 Å². The Hall–Kier alpha value is -2.20. The molecule has 1 N–H and O–H groups in total. The topological polar surface area (TPSA) is 33.7 Å². The van der Waals surface area contributed by atoms with Gasteiger partial charge in [-0.15, -0.1) is 0 Å². The van der Waals surface area contributed by atoms with Crippen molar-refractivity contribution in [2.45, 2.75) is 18.9 Å². The van der Waals surface area contributed by atoms with Crippen molar-refractivity contribution in [2.24, 2.45) is 5.92 Å². The molecule has 0 radical (unpaired) electrons. The highest BCUT2D eigenvalue weighted by Crippen LogP contribution is 2.30. The first-order valence-corrected chi connectivity index (χ1v) is 9.28. The van der Waals surface area contributed by atoms with Gasteiger partial charge >= 0.3 is 0 Å². The normalized spacial score (nSPS) is 20.5. The molecule has 4 nitrogen and oxygen atoms in total. The Morgan fingerprint density at radius 1 is 0.880 bits per heavy atom. The maximum absolute atomic E-state index is 6.00. The molecule has 0 spiro atoms. The summed E-state index contributed by atoms with van der Waals surface area (Å²) in [7, 11) is 0. The third-order valence-electron chi connectivity index (χ3n) is 5.11. The zero-order chi connectivity index (χ0) is 16.9. The number of rotatable bonds is 5. The monoisotopic (exact) mass is 338 g/mol. The van der Waals surface area contributed by atoms with Crippen molar-refractivity contribution >= 4 is 5.69 Å². The summed E-state index contributed by atoms with van der Waals surface area (Å²) in [6.45, 7) is 4.81. The standard InChI is InChI=1S/C21H26N2O2/c1-2-6-18(7-3-1)23-12-10-17(11-13-23)14-22-15-19-16-24-20-8-4-5-9-21(20)25-19/h1-9,17,19,22H,10-16H2. The Kier molecular flexibility index (Phi) is 5.07. The lowest BCUT2D eigenvalue weighted by atomic mass is 9.96. The van der Waals surface area contributed by atoms with E-state index in [0.29, 0.717) is 6.61 Å². The molecule has 1 saturated heterocycles. The van der Waals surface area contributed by atoms with E-state index in [1.165, 1.54) is 18.5 Å². The SMILES string of the molecule is c1ccc(N2CCC(CNCC3COc4ccccc4O3)CC2)cc1. The van der Waals surface area contributed by atoms with Gasteiger partial charge in [0.15, 0.2) is 11.5 Å². The minimum Gasteiger partial charge on any atom is -0.486 e. The summed E-state index contributed by atoms with van der Waals surface area (Å²) in [5.74, 6) is 2.46. The van der Waals surface area contributed by atoms with Crippen LogP contribution in [0.15, 0.2) is 54.6 Å². The molecule has 0 amide bonds. The molecule has 2 aromatic rings. The Labute approximate surface area is 149 Å². The first-order chi connectivity index (χ1) is 12.4. The number of para-hydroxylation sites is 3.